The lowest BCUT2D eigenvalue weighted by Crippen LogP contribution is -1.95. The molecular formula is C57H36N4O. The van der Waals surface area contributed by atoms with E-state index >= 15 is 0 Å². The number of fused-ring (bicyclic) bond motifs is 9. The molecule has 1 aliphatic carbocycles. The highest BCUT2D eigenvalue weighted by molar-refractivity contribution is 6.12. The average molecular weight is 793 g/mol. The molecule has 290 valence electrons. The van der Waals surface area contributed by atoms with Crippen molar-refractivity contribution < 1.29 is 4.42 Å². The molecule has 0 spiro atoms. The van der Waals surface area contributed by atoms with Gasteiger partial charge >= 0.3 is 0 Å². The Balaban J connectivity index is 0.995. The van der Waals surface area contributed by atoms with Crippen LogP contribution in [0.5, 0.6) is 0 Å². The first-order valence-electron chi connectivity index (χ1n) is 20.7. The molecule has 0 bridgehead atoms. The number of aromatic nitrogens is 4. The molecule has 5 heterocycles. The number of pyridine rings is 2. The predicted molar refractivity (Wildman–Crippen MR) is 256 cm³/mol. The minimum Gasteiger partial charge on any atom is -0.456 e. The van der Waals surface area contributed by atoms with Crippen LogP contribution in [0.4, 0.5) is 0 Å². The van der Waals surface area contributed by atoms with Crippen LogP contribution in [-0.2, 0) is 0 Å². The molecule has 62 heavy (non-hydrogen) atoms. The van der Waals surface area contributed by atoms with E-state index in [9.17, 15) is 0 Å². The van der Waals surface area contributed by atoms with Gasteiger partial charge in [-0.05, 0) is 130 Å². The lowest BCUT2D eigenvalue weighted by molar-refractivity contribution is 0.669. The Hall–Kier alpha value is -8.46. The summed E-state index contributed by atoms with van der Waals surface area (Å²) in [5, 5.41) is 4.23. The summed E-state index contributed by atoms with van der Waals surface area (Å²) in [7, 11) is 0. The van der Waals surface area contributed by atoms with Gasteiger partial charge in [-0.1, -0.05) is 104 Å². The topological polar surface area (TPSA) is 48.8 Å². The Morgan fingerprint density at radius 2 is 1.26 bits per heavy atom. The van der Waals surface area contributed by atoms with Crippen LogP contribution >= 0.6 is 0 Å². The SMILES string of the molecule is C=C/C=C\C(=C)c1ccccc1-c1ccc2c(c1)c1ncccc1n2-c1ccc2oc3ccc(-n4c5ccc(-c6c#cccc6C6C=CC=C6)cc5c5ncccc54)cc3c2c1. The number of allylic oxidation sites excluding steroid dienone is 8. The Kier molecular flexibility index (Phi) is 8.06. The lowest BCUT2D eigenvalue weighted by atomic mass is 9.92. The van der Waals surface area contributed by atoms with Crippen LogP contribution < -0.4 is 0 Å². The second kappa shape index (κ2) is 14.1. The third-order valence-corrected chi connectivity index (χ3v) is 12.2. The van der Waals surface area contributed by atoms with Gasteiger partial charge in [0, 0.05) is 56.8 Å². The van der Waals surface area contributed by atoms with E-state index in [1.54, 1.807) is 6.08 Å². The summed E-state index contributed by atoms with van der Waals surface area (Å²) in [5.74, 6) is 0.215. The molecule has 6 aromatic carbocycles. The van der Waals surface area contributed by atoms with Crippen LogP contribution in [0.2, 0.25) is 0 Å². The fourth-order valence-corrected chi connectivity index (χ4v) is 9.43. The van der Waals surface area contributed by atoms with Crippen molar-refractivity contribution in [1.29, 1.82) is 0 Å². The van der Waals surface area contributed by atoms with Crippen LogP contribution in [0.3, 0.4) is 0 Å². The van der Waals surface area contributed by atoms with Crippen molar-refractivity contribution in [2.45, 2.75) is 5.92 Å². The van der Waals surface area contributed by atoms with Crippen LogP contribution in [0.25, 0.3) is 105 Å². The van der Waals surface area contributed by atoms with E-state index in [4.69, 9.17) is 14.4 Å². The van der Waals surface area contributed by atoms with E-state index in [1.165, 1.54) is 5.56 Å². The van der Waals surface area contributed by atoms with E-state index < -0.39 is 0 Å². The van der Waals surface area contributed by atoms with Crippen molar-refractivity contribution in [1.82, 2.24) is 19.1 Å². The Morgan fingerprint density at radius 1 is 0.629 bits per heavy atom. The van der Waals surface area contributed by atoms with Crippen LogP contribution in [0.1, 0.15) is 17.0 Å². The van der Waals surface area contributed by atoms with Crippen molar-refractivity contribution in [2.75, 3.05) is 0 Å². The van der Waals surface area contributed by atoms with Crippen molar-refractivity contribution in [3.63, 3.8) is 0 Å². The van der Waals surface area contributed by atoms with E-state index in [2.05, 4.69) is 174 Å². The van der Waals surface area contributed by atoms with Gasteiger partial charge in [-0.3, -0.25) is 9.97 Å². The highest BCUT2D eigenvalue weighted by Gasteiger charge is 2.20. The van der Waals surface area contributed by atoms with Crippen molar-refractivity contribution in [2.24, 2.45) is 0 Å². The van der Waals surface area contributed by atoms with Gasteiger partial charge in [-0.2, -0.15) is 0 Å². The summed E-state index contributed by atoms with van der Waals surface area (Å²) >= 11 is 0. The second-order valence-corrected chi connectivity index (χ2v) is 15.7. The molecule has 0 saturated carbocycles. The summed E-state index contributed by atoms with van der Waals surface area (Å²) in [4.78, 5) is 9.86. The van der Waals surface area contributed by atoms with Gasteiger partial charge in [0.2, 0.25) is 0 Å². The summed E-state index contributed by atoms with van der Waals surface area (Å²) in [6.07, 6.45) is 18.1. The van der Waals surface area contributed by atoms with E-state index in [1.807, 2.05) is 42.7 Å². The van der Waals surface area contributed by atoms with Gasteiger partial charge in [-0.15, -0.1) is 0 Å². The standard InChI is InChI=1S/C57H36N4O/c1-3-4-13-36(2)42-16-7-8-18-44(42)38-22-26-50-48(32-38)56-52(20-11-30-58-56)60(50)40-24-28-54-46(34-40)47-35-41(25-29-55(47)62-54)61-51-27-23-39(33-49(51)57-53(61)21-12-31-59-57)45-19-10-9-17-43(45)37-14-5-6-15-37/h3-9,11-18,20-35,37H,1-2H2/b13-4-. The van der Waals surface area contributed by atoms with Gasteiger partial charge in [0.05, 0.1) is 33.1 Å². The van der Waals surface area contributed by atoms with Gasteiger partial charge in [-0.25, -0.2) is 0 Å². The maximum atomic E-state index is 6.51. The first kappa shape index (κ1) is 35.5. The molecule has 0 amide bonds. The van der Waals surface area contributed by atoms with E-state index in [-0.39, 0.29) is 5.92 Å². The first-order chi connectivity index (χ1) is 30.6. The Bertz CT molecular complexity index is 3740. The number of benzene rings is 5. The minimum absolute atomic E-state index is 0.215. The molecule has 1 aliphatic rings. The molecule has 11 aromatic rings. The fraction of sp³-hybridized carbons (Fsp3) is 0.0175. The number of hydrogen-bond acceptors (Lipinski definition) is 3. The second-order valence-electron chi connectivity index (χ2n) is 15.7. The van der Waals surface area contributed by atoms with Crippen LogP contribution in [0, 0.1) is 12.1 Å². The van der Waals surface area contributed by atoms with Gasteiger partial charge in [0.1, 0.15) is 11.2 Å². The zero-order valence-corrected chi connectivity index (χ0v) is 33.6. The van der Waals surface area contributed by atoms with Crippen molar-refractivity contribution in [3.8, 4) is 33.6 Å². The number of rotatable bonds is 8. The molecule has 0 N–H and O–H groups in total. The fourth-order valence-electron chi connectivity index (χ4n) is 9.43. The molecule has 0 unspecified atom stereocenters. The van der Waals surface area contributed by atoms with E-state index in [0.29, 0.717) is 0 Å². The largest absolute Gasteiger partial charge is 0.456 e. The van der Waals surface area contributed by atoms with Crippen LogP contribution in [-0.4, -0.2) is 19.1 Å². The van der Waals surface area contributed by atoms with Gasteiger partial charge in [0.25, 0.3) is 0 Å². The maximum Gasteiger partial charge on any atom is 0.135 e. The van der Waals surface area contributed by atoms with Crippen molar-refractivity contribution >= 4 is 71.4 Å². The third kappa shape index (κ3) is 5.51. The molecule has 0 aliphatic heterocycles. The summed E-state index contributed by atoms with van der Waals surface area (Å²) in [6, 6.07) is 53.7. The lowest BCUT2D eigenvalue weighted by Gasteiger charge is -2.12. The normalized spacial score (nSPS) is 12.9. The molecule has 5 heteroatoms. The van der Waals surface area contributed by atoms with Crippen molar-refractivity contribution in [3.05, 3.63) is 225 Å². The highest BCUT2D eigenvalue weighted by Crippen LogP contribution is 2.41. The molecule has 0 atom stereocenters. The average Bonchev–Trinajstić information content (AvgIpc) is 4.13. The molecule has 0 fully saturated rings. The smallest absolute Gasteiger partial charge is 0.135 e. The summed E-state index contributed by atoms with van der Waals surface area (Å²) < 4.78 is 11.1. The molecule has 5 aromatic heterocycles. The molecular weight excluding hydrogens is 757 g/mol. The zero-order chi connectivity index (χ0) is 41.3. The Morgan fingerprint density at radius 3 is 1.92 bits per heavy atom. The van der Waals surface area contributed by atoms with Gasteiger partial charge < -0.3 is 13.6 Å². The first-order valence-corrected chi connectivity index (χ1v) is 20.7. The zero-order valence-electron chi connectivity index (χ0n) is 33.6. The quantitative estimate of drug-likeness (QED) is 0.144. The number of nitrogens with zero attached hydrogens (tertiary/aromatic N) is 4. The number of hydrogen-bond donors (Lipinski definition) is 0. The van der Waals surface area contributed by atoms with Gasteiger partial charge in [0.15, 0.2) is 0 Å². The van der Waals surface area contributed by atoms with Crippen LogP contribution in [0.15, 0.2) is 206 Å². The molecule has 5 nitrogen and oxygen atoms in total. The summed E-state index contributed by atoms with van der Waals surface area (Å²) in [6.45, 7) is 8.18. The monoisotopic (exact) mass is 792 g/mol. The summed E-state index contributed by atoms with van der Waals surface area (Å²) in [5.41, 5.74) is 17.4. The molecule has 0 radical (unpaired) electrons. The maximum absolute atomic E-state index is 6.51. The minimum atomic E-state index is 0.215. The third-order valence-electron chi connectivity index (χ3n) is 12.2. The molecule has 0 saturated heterocycles. The number of furan rings is 1. The molecule has 12 rings (SSSR count). The van der Waals surface area contributed by atoms with E-state index in [0.717, 1.165) is 111 Å². The predicted octanol–water partition coefficient (Wildman–Crippen LogP) is 14.5. The highest BCUT2D eigenvalue weighted by atomic mass is 16.3. The Labute approximate surface area is 357 Å².